The van der Waals surface area contributed by atoms with Gasteiger partial charge in [-0.1, -0.05) is 13.8 Å². The van der Waals surface area contributed by atoms with Crippen LogP contribution in [-0.4, -0.2) is 30.6 Å². The standard InChI is InChI=1S/C16H21N3O2/c1-11(2)15-8-13-7-14(4-3-12(13)9-19-15)21-10-16(20)18-6-5-17/h3-4,7-9,11H,5-6,10,17H2,1-2H3,(H,18,20). The van der Waals surface area contributed by atoms with Crippen LogP contribution in [0, 0.1) is 0 Å². The molecule has 0 spiro atoms. The van der Waals surface area contributed by atoms with Gasteiger partial charge in [0.05, 0.1) is 0 Å². The number of nitrogens with one attached hydrogen (secondary N) is 1. The molecule has 21 heavy (non-hydrogen) atoms. The van der Waals surface area contributed by atoms with E-state index in [9.17, 15) is 4.79 Å². The summed E-state index contributed by atoms with van der Waals surface area (Å²) in [6, 6.07) is 7.77. The maximum absolute atomic E-state index is 11.5. The number of amides is 1. The van der Waals surface area contributed by atoms with Crippen molar-refractivity contribution in [2.75, 3.05) is 19.7 Å². The van der Waals surface area contributed by atoms with Crippen LogP contribution in [0.2, 0.25) is 0 Å². The Morgan fingerprint density at radius 3 is 2.86 bits per heavy atom. The molecule has 0 saturated heterocycles. The fourth-order valence-electron chi connectivity index (χ4n) is 1.95. The van der Waals surface area contributed by atoms with E-state index < -0.39 is 0 Å². The van der Waals surface area contributed by atoms with Crippen molar-refractivity contribution in [3.63, 3.8) is 0 Å². The lowest BCUT2D eigenvalue weighted by molar-refractivity contribution is -0.123. The predicted octanol–water partition coefficient (Wildman–Crippen LogP) is 1.81. The minimum atomic E-state index is -0.168. The molecule has 0 atom stereocenters. The summed E-state index contributed by atoms with van der Waals surface area (Å²) in [7, 11) is 0. The van der Waals surface area contributed by atoms with E-state index in [0.717, 1.165) is 16.5 Å². The van der Waals surface area contributed by atoms with Crippen LogP contribution in [0.5, 0.6) is 5.75 Å². The number of carbonyl (C=O) groups excluding carboxylic acids is 1. The van der Waals surface area contributed by atoms with Crippen LogP contribution in [0.15, 0.2) is 30.5 Å². The lowest BCUT2D eigenvalue weighted by Crippen LogP contribution is -2.32. The maximum atomic E-state index is 11.5. The topological polar surface area (TPSA) is 77.2 Å². The zero-order valence-corrected chi connectivity index (χ0v) is 12.4. The molecule has 0 unspecified atom stereocenters. The van der Waals surface area contributed by atoms with E-state index in [-0.39, 0.29) is 12.5 Å². The van der Waals surface area contributed by atoms with Crippen molar-refractivity contribution in [1.82, 2.24) is 10.3 Å². The highest BCUT2D eigenvalue weighted by atomic mass is 16.5. The van der Waals surface area contributed by atoms with E-state index in [4.69, 9.17) is 10.5 Å². The fraction of sp³-hybridized carbons (Fsp3) is 0.375. The SMILES string of the molecule is CC(C)c1cc2cc(OCC(=O)NCCN)ccc2cn1. The molecule has 0 aliphatic rings. The Labute approximate surface area is 124 Å². The van der Waals surface area contributed by atoms with E-state index >= 15 is 0 Å². The van der Waals surface area contributed by atoms with Crippen molar-refractivity contribution in [3.05, 3.63) is 36.2 Å². The Hall–Kier alpha value is -2.14. The summed E-state index contributed by atoms with van der Waals surface area (Å²) in [5.41, 5.74) is 6.37. The molecule has 0 aliphatic carbocycles. The highest BCUT2D eigenvalue weighted by Crippen LogP contribution is 2.23. The number of pyridine rings is 1. The van der Waals surface area contributed by atoms with E-state index in [2.05, 4.69) is 30.2 Å². The van der Waals surface area contributed by atoms with Crippen molar-refractivity contribution < 1.29 is 9.53 Å². The molecular weight excluding hydrogens is 266 g/mol. The van der Waals surface area contributed by atoms with Gasteiger partial charge in [0.15, 0.2) is 6.61 Å². The molecule has 0 radical (unpaired) electrons. The van der Waals surface area contributed by atoms with Crippen LogP contribution in [0.3, 0.4) is 0 Å². The number of nitrogens with zero attached hydrogens (tertiary/aromatic N) is 1. The summed E-state index contributed by atoms with van der Waals surface area (Å²) >= 11 is 0. The minimum Gasteiger partial charge on any atom is -0.484 e. The Balaban J connectivity index is 2.08. The lowest BCUT2D eigenvalue weighted by Gasteiger charge is -2.09. The number of carbonyl (C=O) groups is 1. The largest absolute Gasteiger partial charge is 0.484 e. The highest BCUT2D eigenvalue weighted by molar-refractivity contribution is 5.83. The lowest BCUT2D eigenvalue weighted by atomic mass is 10.1. The third-order valence-corrected chi connectivity index (χ3v) is 3.14. The van der Waals surface area contributed by atoms with Crippen molar-refractivity contribution in [2.45, 2.75) is 19.8 Å². The second-order valence-corrected chi connectivity index (χ2v) is 5.20. The van der Waals surface area contributed by atoms with Crippen LogP contribution in [-0.2, 0) is 4.79 Å². The molecule has 2 aromatic rings. The number of fused-ring (bicyclic) bond motifs is 1. The van der Waals surface area contributed by atoms with Crippen molar-refractivity contribution in [3.8, 4) is 5.75 Å². The van der Waals surface area contributed by atoms with E-state index in [1.807, 2.05) is 24.4 Å². The molecule has 0 bridgehead atoms. The average molecular weight is 287 g/mol. The molecule has 5 heteroatoms. The fourth-order valence-corrected chi connectivity index (χ4v) is 1.95. The zero-order chi connectivity index (χ0) is 15.2. The molecule has 112 valence electrons. The number of nitrogens with two attached hydrogens (primary N) is 1. The molecule has 2 rings (SSSR count). The van der Waals surface area contributed by atoms with Gasteiger partial charge in [0.2, 0.25) is 0 Å². The molecule has 0 fully saturated rings. The van der Waals surface area contributed by atoms with Crippen LogP contribution in [0.4, 0.5) is 0 Å². The predicted molar refractivity (Wildman–Crippen MR) is 83.4 cm³/mol. The monoisotopic (exact) mass is 287 g/mol. The van der Waals surface area contributed by atoms with Gasteiger partial charge in [-0.2, -0.15) is 0 Å². The average Bonchev–Trinajstić information content (AvgIpc) is 2.49. The van der Waals surface area contributed by atoms with Gasteiger partial charge in [-0.05, 0) is 35.6 Å². The Bertz CT molecular complexity index is 626. The quantitative estimate of drug-likeness (QED) is 0.849. The van der Waals surface area contributed by atoms with E-state index in [1.54, 1.807) is 0 Å². The van der Waals surface area contributed by atoms with E-state index in [0.29, 0.717) is 24.8 Å². The van der Waals surface area contributed by atoms with Gasteiger partial charge in [-0.15, -0.1) is 0 Å². The minimum absolute atomic E-state index is 0.00632. The van der Waals surface area contributed by atoms with Crippen molar-refractivity contribution in [2.24, 2.45) is 5.73 Å². The maximum Gasteiger partial charge on any atom is 0.257 e. The van der Waals surface area contributed by atoms with Gasteiger partial charge in [-0.25, -0.2) is 0 Å². The third-order valence-electron chi connectivity index (χ3n) is 3.14. The number of hydrogen-bond acceptors (Lipinski definition) is 4. The Morgan fingerprint density at radius 1 is 1.33 bits per heavy atom. The molecule has 1 amide bonds. The van der Waals surface area contributed by atoms with Gasteiger partial charge in [0.25, 0.3) is 5.91 Å². The van der Waals surface area contributed by atoms with Gasteiger partial charge < -0.3 is 15.8 Å². The molecule has 0 aliphatic heterocycles. The Morgan fingerprint density at radius 2 is 2.14 bits per heavy atom. The zero-order valence-electron chi connectivity index (χ0n) is 12.4. The number of aromatic nitrogens is 1. The molecule has 1 aromatic heterocycles. The van der Waals surface area contributed by atoms with Gasteiger partial charge in [-0.3, -0.25) is 9.78 Å². The van der Waals surface area contributed by atoms with Gasteiger partial charge in [0.1, 0.15) is 5.75 Å². The number of benzene rings is 1. The Kier molecular flexibility index (Phi) is 5.11. The first-order valence-corrected chi connectivity index (χ1v) is 7.09. The second kappa shape index (κ2) is 7.04. The summed E-state index contributed by atoms with van der Waals surface area (Å²) in [6.45, 7) is 5.09. The smallest absolute Gasteiger partial charge is 0.257 e. The van der Waals surface area contributed by atoms with Crippen LogP contribution >= 0.6 is 0 Å². The first kappa shape index (κ1) is 15.3. The highest BCUT2D eigenvalue weighted by Gasteiger charge is 2.05. The summed E-state index contributed by atoms with van der Waals surface area (Å²) in [5, 5.41) is 4.78. The van der Waals surface area contributed by atoms with Gasteiger partial charge >= 0.3 is 0 Å². The summed E-state index contributed by atoms with van der Waals surface area (Å²) < 4.78 is 5.50. The summed E-state index contributed by atoms with van der Waals surface area (Å²) in [6.07, 6.45) is 1.86. The summed E-state index contributed by atoms with van der Waals surface area (Å²) in [5.74, 6) is 0.880. The normalized spacial score (nSPS) is 10.9. The third kappa shape index (κ3) is 4.16. The van der Waals surface area contributed by atoms with Gasteiger partial charge in [0, 0.05) is 30.4 Å². The summed E-state index contributed by atoms with van der Waals surface area (Å²) in [4.78, 5) is 15.9. The van der Waals surface area contributed by atoms with E-state index in [1.165, 1.54) is 0 Å². The van der Waals surface area contributed by atoms with Crippen LogP contribution < -0.4 is 15.8 Å². The number of rotatable bonds is 6. The van der Waals surface area contributed by atoms with Crippen molar-refractivity contribution in [1.29, 1.82) is 0 Å². The molecule has 0 saturated carbocycles. The van der Waals surface area contributed by atoms with Crippen LogP contribution in [0.1, 0.15) is 25.5 Å². The molecule has 3 N–H and O–H groups in total. The molecular formula is C16H21N3O2. The van der Waals surface area contributed by atoms with Crippen LogP contribution in [0.25, 0.3) is 10.8 Å². The number of ether oxygens (including phenoxy) is 1. The molecule has 1 heterocycles. The first-order chi connectivity index (χ1) is 10.1. The van der Waals surface area contributed by atoms with Crippen molar-refractivity contribution >= 4 is 16.7 Å². The molecule has 5 nitrogen and oxygen atoms in total. The first-order valence-electron chi connectivity index (χ1n) is 7.09. The second-order valence-electron chi connectivity index (χ2n) is 5.20. The number of hydrogen-bond donors (Lipinski definition) is 2. The molecule has 1 aromatic carbocycles.